The summed E-state index contributed by atoms with van der Waals surface area (Å²) in [6, 6.07) is 2.12. The van der Waals surface area contributed by atoms with Crippen molar-refractivity contribution in [1.29, 1.82) is 0 Å². The number of nitrogens with one attached hydrogen (secondary N) is 4. The van der Waals surface area contributed by atoms with Crippen LogP contribution in [0.1, 0.15) is 27.7 Å². The molecule has 0 radical (unpaired) electrons. The van der Waals surface area contributed by atoms with Crippen LogP contribution in [0.5, 0.6) is 0 Å². The van der Waals surface area contributed by atoms with Crippen molar-refractivity contribution in [2.24, 2.45) is 0 Å². The molecule has 1 fully saturated rings. The minimum Gasteiger partial charge on any atom is -0.311 e. The quantitative estimate of drug-likeness (QED) is 0.468. The average Bonchev–Trinajstić information content (AvgIpc) is 2.27. The fourth-order valence-corrected chi connectivity index (χ4v) is 1.80. The molecule has 4 nitrogen and oxygen atoms in total. The molecule has 1 aliphatic rings. The molecule has 96 valence electrons. The lowest BCUT2D eigenvalue weighted by Gasteiger charge is -2.26. The summed E-state index contributed by atoms with van der Waals surface area (Å²) in [5.74, 6) is 0. The predicted octanol–water partition coefficient (Wildman–Crippen LogP) is -0.0876. The van der Waals surface area contributed by atoms with E-state index in [1.807, 2.05) is 0 Å². The molecule has 0 bridgehead atoms. The Hall–Kier alpha value is -0.160. The molecule has 4 heteroatoms. The van der Waals surface area contributed by atoms with E-state index in [2.05, 4.69) is 49.0 Å². The third-order valence-electron chi connectivity index (χ3n) is 3.09. The van der Waals surface area contributed by atoms with Crippen molar-refractivity contribution in [2.75, 3.05) is 26.2 Å². The van der Waals surface area contributed by atoms with Crippen molar-refractivity contribution in [3.8, 4) is 0 Å². The normalized spacial score (nSPS) is 39.8. The van der Waals surface area contributed by atoms with Crippen LogP contribution >= 0.6 is 0 Å². The molecular formula is C12H28N4. The molecule has 0 aromatic heterocycles. The Morgan fingerprint density at radius 2 is 0.688 bits per heavy atom. The third-order valence-corrected chi connectivity index (χ3v) is 3.09. The first-order valence-corrected chi connectivity index (χ1v) is 6.51. The summed E-state index contributed by atoms with van der Waals surface area (Å²) in [6.45, 7) is 13.0. The summed E-state index contributed by atoms with van der Waals surface area (Å²) in [5.41, 5.74) is 0. The van der Waals surface area contributed by atoms with E-state index < -0.39 is 0 Å². The van der Waals surface area contributed by atoms with E-state index in [9.17, 15) is 0 Å². The van der Waals surface area contributed by atoms with E-state index in [4.69, 9.17) is 0 Å². The van der Waals surface area contributed by atoms with Gasteiger partial charge < -0.3 is 21.3 Å². The lowest BCUT2D eigenvalue weighted by molar-refractivity contribution is 0.376. The SMILES string of the molecule is CC1CNC(C)CNC(C)CNC(C)CN1. The van der Waals surface area contributed by atoms with Crippen LogP contribution in [0, 0.1) is 0 Å². The van der Waals surface area contributed by atoms with Gasteiger partial charge in [0, 0.05) is 50.3 Å². The molecule has 0 saturated carbocycles. The number of hydrogen-bond acceptors (Lipinski definition) is 4. The number of rotatable bonds is 0. The average molecular weight is 228 g/mol. The lowest BCUT2D eigenvalue weighted by atomic mass is 10.2. The van der Waals surface area contributed by atoms with Gasteiger partial charge in [-0.25, -0.2) is 0 Å². The summed E-state index contributed by atoms with van der Waals surface area (Å²) < 4.78 is 0. The van der Waals surface area contributed by atoms with Crippen molar-refractivity contribution in [2.45, 2.75) is 51.9 Å². The van der Waals surface area contributed by atoms with Gasteiger partial charge >= 0.3 is 0 Å². The van der Waals surface area contributed by atoms with Crippen LogP contribution in [0.3, 0.4) is 0 Å². The van der Waals surface area contributed by atoms with E-state index in [1.165, 1.54) is 0 Å². The Kier molecular flexibility index (Phi) is 6.28. The summed E-state index contributed by atoms with van der Waals surface area (Å²) in [5, 5.41) is 14.2. The molecule has 4 N–H and O–H groups in total. The zero-order valence-corrected chi connectivity index (χ0v) is 11.1. The van der Waals surface area contributed by atoms with E-state index in [0.717, 1.165) is 26.2 Å². The van der Waals surface area contributed by atoms with Crippen molar-refractivity contribution in [3.05, 3.63) is 0 Å². The first kappa shape index (κ1) is 13.9. The zero-order valence-electron chi connectivity index (χ0n) is 11.1. The zero-order chi connectivity index (χ0) is 12.0. The molecule has 16 heavy (non-hydrogen) atoms. The van der Waals surface area contributed by atoms with Gasteiger partial charge in [-0.1, -0.05) is 0 Å². The van der Waals surface area contributed by atoms with Gasteiger partial charge in [0.1, 0.15) is 0 Å². The minimum absolute atomic E-state index is 0.531. The predicted molar refractivity (Wildman–Crippen MR) is 69.9 cm³/mol. The Morgan fingerprint density at radius 3 is 0.875 bits per heavy atom. The van der Waals surface area contributed by atoms with Crippen LogP contribution in [0.4, 0.5) is 0 Å². The Morgan fingerprint density at radius 1 is 0.500 bits per heavy atom. The maximum atomic E-state index is 3.54. The molecule has 1 aliphatic heterocycles. The van der Waals surface area contributed by atoms with E-state index >= 15 is 0 Å². The Labute approximate surface area is 99.9 Å². The summed E-state index contributed by atoms with van der Waals surface area (Å²) in [4.78, 5) is 0. The van der Waals surface area contributed by atoms with E-state index in [1.54, 1.807) is 0 Å². The molecule has 0 amide bonds. The molecule has 4 atom stereocenters. The maximum absolute atomic E-state index is 3.54. The number of hydrogen-bond donors (Lipinski definition) is 4. The van der Waals surface area contributed by atoms with Gasteiger partial charge in [0.05, 0.1) is 0 Å². The van der Waals surface area contributed by atoms with Crippen LogP contribution < -0.4 is 21.3 Å². The van der Waals surface area contributed by atoms with Gasteiger partial charge in [-0.15, -0.1) is 0 Å². The lowest BCUT2D eigenvalue weighted by Crippen LogP contribution is -2.51. The largest absolute Gasteiger partial charge is 0.311 e. The fourth-order valence-electron chi connectivity index (χ4n) is 1.80. The first-order valence-electron chi connectivity index (χ1n) is 6.51. The van der Waals surface area contributed by atoms with Crippen molar-refractivity contribution >= 4 is 0 Å². The molecule has 4 unspecified atom stereocenters. The summed E-state index contributed by atoms with van der Waals surface area (Å²) in [6.07, 6.45) is 0. The molecule has 0 aromatic rings. The van der Waals surface area contributed by atoms with Crippen molar-refractivity contribution in [1.82, 2.24) is 21.3 Å². The third kappa shape index (κ3) is 5.80. The highest BCUT2D eigenvalue weighted by atomic mass is 15.1. The van der Waals surface area contributed by atoms with Gasteiger partial charge in [0.15, 0.2) is 0 Å². The highest BCUT2D eigenvalue weighted by Gasteiger charge is 2.11. The standard InChI is InChI=1S/C12H28N4/c1-9-5-14-11(3)7-16-12(4)8-15-10(2)6-13-9/h9-16H,5-8H2,1-4H3. The maximum Gasteiger partial charge on any atom is 0.0164 e. The highest BCUT2D eigenvalue weighted by molar-refractivity contribution is 4.77. The van der Waals surface area contributed by atoms with E-state index in [-0.39, 0.29) is 0 Å². The second kappa shape index (κ2) is 7.22. The fraction of sp³-hybridized carbons (Fsp3) is 1.00. The minimum atomic E-state index is 0.531. The molecule has 1 heterocycles. The van der Waals surface area contributed by atoms with Crippen LogP contribution in [0.2, 0.25) is 0 Å². The molecule has 0 aliphatic carbocycles. The molecule has 1 rings (SSSR count). The van der Waals surface area contributed by atoms with Gasteiger partial charge in [-0.2, -0.15) is 0 Å². The second-order valence-corrected chi connectivity index (χ2v) is 5.24. The highest BCUT2D eigenvalue weighted by Crippen LogP contribution is 1.90. The van der Waals surface area contributed by atoms with Gasteiger partial charge in [-0.05, 0) is 27.7 Å². The Balaban J connectivity index is 2.39. The van der Waals surface area contributed by atoms with Crippen LogP contribution in [-0.2, 0) is 0 Å². The van der Waals surface area contributed by atoms with Crippen LogP contribution in [0.15, 0.2) is 0 Å². The molecule has 1 saturated heterocycles. The van der Waals surface area contributed by atoms with Crippen LogP contribution in [-0.4, -0.2) is 50.3 Å². The van der Waals surface area contributed by atoms with Gasteiger partial charge in [0.25, 0.3) is 0 Å². The molecular weight excluding hydrogens is 200 g/mol. The monoisotopic (exact) mass is 228 g/mol. The van der Waals surface area contributed by atoms with Crippen molar-refractivity contribution < 1.29 is 0 Å². The summed E-state index contributed by atoms with van der Waals surface area (Å²) >= 11 is 0. The Bertz CT molecular complexity index is 130. The smallest absolute Gasteiger partial charge is 0.0164 e. The van der Waals surface area contributed by atoms with Gasteiger partial charge in [0.2, 0.25) is 0 Å². The van der Waals surface area contributed by atoms with Crippen LogP contribution in [0.25, 0.3) is 0 Å². The topological polar surface area (TPSA) is 48.1 Å². The van der Waals surface area contributed by atoms with Gasteiger partial charge in [-0.3, -0.25) is 0 Å². The first-order chi connectivity index (χ1) is 7.58. The summed E-state index contributed by atoms with van der Waals surface area (Å²) in [7, 11) is 0. The van der Waals surface area contributed by atoms with E-state index in [0.29, 0.717) is 24.2 Å². The van der Waals surface area contributed by atoms with Crippen molar-refractivity contribution in [3.63, 3.8) is 0 Å². The molecule has 0 spiro atoms. The second-order valence-electron chi connectivity index (χ2n) is 5.24. The molecule has 0 aromatic carbocycles.